The molecule has 1 aromatic rings. The first kappa shape index (κ1) is 13.5. The molecule has 1 N–H and O–H groups in total. The SMILES string of the molecule is O=C1CCN(C(=O)Cc2cccc(F)c2F)CCN1. The number of nitrogens with zero attached hydrogens (tertiary/aromatic N) is 1. The normalized spacial score (nSPS) is 15.9. The second-order valence-corrected chi connectivity index (χ2v) is 4.37. The van der Waals surface area contributed by atoms with Crippen molar-refractivity contribution in [2.45, 2.75) is 12.8 Å². The van der Waals surface area contributed by atoms with Crippen molar-refractivity contribution in [3.05, 3.63) is 35.4 Å². The van der Waals surface area contributed by atoms with Crippen LogP contribution < -0.4 is 5.32 Å². The van der Waals surface area contributed by atoms with Gasteiger partial charge in [0.05, 0.1) is 6.42 Å². The van der Waals surface area contributed by atoms with Gasteiger partial charge in [0.1, 0.15) is 0 Å². The maximum Gasteiger partial charge on any atom is 0.227 e. The molecular formula is C13H14F2N2O2. The Hall–Kier alpha value is -1.98. The minimum absolute atomic E-state index is 0.0357. The third-order valence-electron chi connectivity index (χ3n) is 3.04. The van der Waals surface area contributed by atoms with Gasteiger partial charge in [0.2, 0.25) is 11.8 Å². The summed E-state index contributed by atoms with van der Waals surface area (Å²) < 4.78 is 26.5. The molecule has 1 fully saturated rings. The smallest absolute Gasteiger partial charge is 0.227 e. The summed E-state index contributed by atoms with van der Waals surface area (Å²) in [6.07, 6.45) is 0.0369. The highest BCUT2D eigenvalue weighted by Gasteiger charge is 2.20. The lowest BCUT2D eigenvalue weighted by atomic mass is 10.1. The van der Waals surface area contributed by atoms with Gasteiger partial charge in [-0.25, -0.2) is 8.78 Å². The Morgan fingerprint density at radius 2 is 2.11 bits per heavy atom. The molecule has 0 atom stereocenters. The van der Waals surface area contributed by atoms with Crippen LogP contribution in [0.5, 0.6) is 0 Å². The first-order valence-corrected chi connectivity index (χ1v) is 6.05. The Bertz CT molecular complexity index is 505. The van der Waals surface area contributed by atoms with Gasteiger partial charge in [0.25, 0.3) is 0 Å². The molecule has 2 amide bonds. The summed E-state index contributed by atoms with van der Waals surface area (Å²) in [4.78, 5) is 24.6. The van der Waals surface area contributed by atoms with Gasteiger partial charge in [-0.15, -0.1) is 0 Å². The van der Waals surface area contributed by atoms with E-state index >= 15 is 0 Å². The highest BCUT2D eigenvalue weighted by atomic mass is 19.2. The monoisotopic (exact) mass is 268 g/mol. The van der Waals surface area contributed by atoms with Gasteiger partial charge in [-0.3, -0.25) is 9.59 Å². The van der Waals surface area contributed by atoms with Crippen LogP contribution in [0, 0.1) is 11.6 Å². The molecule has 0 saturated carbocycles. The molecule has 4 nitrogen and oxygen atoms in total. The lowest BCUT2D eigenvalue weighted by Crippen LogP contribution is -2.35. The van der Waals surface area contributed by atoms with E-state index in [1.54, 1.807) is 0 Å². The maximum absolute atomic E-state index is 13.5. The van der Waals surface area contributed by atoms with Crippen LogP contribution in [0.1, 0.15) is 12.0 Å². The number of carbonyl (C=O) groups excluding carboxylic acids is 2. The van der Waals surface area contributed by atoms with Gasteiger partial charge in [-0.2, -0.15) is 0 Å². The number of halogens is 2. The van der Waals surface area contributed by atoms with Crippen molar-refractivity contribution in [2.24, 2.45) is 0 Å². The van der Waals surface area contributed by atoms with Crippen molar-refractivity contribution in [3.63, 3.8) is 0 Å². The summed E-state index contributed by atoms with van der Waals surface area (Å²) >= 11 is 0. The van der Waals surface area contributed by atoms with Crippen LogP contribution in [-0.4, -0.2) is 36.3 Å². The summed E-state index contributed by atoms with van der Waals surface area (Å²) in [6.45, 7) is 1.08. The molecule has 0 aromatic heterocycles. The van der Waals surface area contributed by atoms with Crippen molar-refractivity contribution < 1.29 is 18.4 Å². The molecule has 2 rings (SSSR count). The number of carbonyl (C=O) groups is 2. The zero-order valence-corrected chi connectivity index (χ0v) is 10.3. The van der Waals surface area contributed by atoms with E-state index in [0.717, 1.165) is 6.07 Å². The molecular weight excluding hydrogens is 254 g/mol. The standard InChI is InChI=1S/C13H14F2N2O2/c14-10-3-1-2-9(13(10)15)8-12(19)17-6-4-11(18)16-5-7-17/h1-3H,4-8H2,(H,16,18). The van der Waals surface area contributed by atoms with Crippen molar-refractivity contribution in [1.82, 2.24) is 10.2 Å². The van der Waals surface area contributed by atoms with Gasteiger partial charge in [-0.05, 0) is 6.07 Å². The Labute approximate surface area is 109 Å². The van der Waals surface area contributed by atoms with Gasteiger partial charge in [-0.1, -0.05) is 12.1 Å². The number of rotatable bonds is 2. The van der Waals surface area contributed by atoms with Crippen LogP contribution in [0.25, 0.3) is 0 Å². The Morgan fingerprint density at radius 3 is 2.89 bits per heavy atom. The molecule has 1 aromatic carbocycles. The van der Waals surface area contributed by atoms with Crippen LogP contribution in [0.4, 0.5) is 8.78 Å². The fourth-order valence-electron chi connectivity index (χ4n) is 1.98. The van der Waals surface area contributed by atoms with Crippen LogP contribution >= 0.6 is 0 Å². The lowest BCUT2D eigenvalue weighted by Gasteiger charge is -2.19. The number of nitrogens with one attached hydrogen (secondary N) is 1. The summed E-state index contributed by atoms with van der Waals surface area (Å²) in [5, 5.41) is 2.65. The largest absolute Gasteiger partial charge is 0.354 e. The van der Waals surface area contributed by atoms with Crippen molar-refractivity contribution >= 4 is 11.8 Å². The molecule has 0 spiro atoms. The molecule has 1 saturated heterocycles. The first-order valence-electron chi connectivity index (χ1n) is 6.05. The average molecular weight is 268 g/mol. The fraction of sp³-hybridized carbons (Fsp3) is 0.385. The molecule has 19 heavy (non-hydrogen) atoms. The van der Waals surface area contributed by atoms with Crippen LogP contribution in [-0.2, 0) is 16.0 Å². The molecule has 1 aliphatic heterocycles. The minimum atomic E-state index is -0.986. The van der Waals surface area contributed by atoms with E-state index in [-0.39, 0.29) is 30.2 Å². The quantitative estimate of drug-likeness (QED) is 0.864. The van der Waals surface area contributed by atoms with Gasteiger partial charge >= 0.3 is 0 Å². The van der Waals surface area contributed by atoms with Crippen LogP contribution in [0.2, 0.25) is 0 Å². The molecule has 0 aliphatic carbocycles. The predicted molar refractivity (Wildman–Crippen MR) is 64.3 cm³/mol. The van der Waals surface area contributed by atoms with Crippen LogP contribution in [0.15, 0.2) is 18.2 Å². The third-order valence-corrected chi connectivity index (χ3v) is 3.04. The second kappa shape index (κ2) is 5.77. The van der Waals surface area contributed by atoms with Gasteiger partial charge in [0, 0.05) is 31.6 Å². The Kier molecular flexibility index (Phi) is 4.09. The maximum atomic E-state index is 13.5. The van der Waals surface area contributed by atoms with Crippen molar-refractivity contribution in [2.75, 3.05) is 19.6 Å². The van der Waals surface area contributed by atoms with E-state index < -0.39 is 11.6 Å². The zero-order chi connectivity index (χ0) is 13.8. The molecule has 0 unspecified atom stereocenters. The zero-order valence-electron chi connectivity index (χ0n) is 10.3. The summed E-state index contributed by atoms with van der Waals surface area (Å²) in [5.41, 5.74) is 0.0357. The van der Waals surface area contributed by atoms with E-state index in [1.807, 2.05) is 0 Å². The van der Waals surface area contributed by atoms with Crippen LogP contribution in [0.3, 0.4) is 0 Å². The number of benzene rings is 1. The summed E-state index contributed by atoms with van der Waals surface area (Å²) in [7, 11) is 0. The molecule has 0 radical (unpaired) electrons. The Balaban J connectivity index is 2.04. The van der Waals surface area contributed by atoms with E-state index in [2.05, 4.69) is 5.32 Å². The molecule has 1 aliphatic rings. The van der Waals surface area contributed by atoms with E-state index in [9.17, 15) is 18.4 Å². The van der Waals surface area contributed by atoms with Crippen molar-refractivity contribution in [1.29, 1.82) is 0 Å². The third kappa shape index (κ3) is 3.27. The highest BCUT2D eigenvalue weighted by Crippen LogP contribution is 2.13. The number of amides is 2. The van der Waals surface area contributed by atoms with Crippen molar-refractivity contribution in [3.8, 4) is 0 Å². The second-order valence-electron chi connectivity index (χ2n) is 4.37. The fourth-order valence-corrected chi connectivity index (χ4v) is 1.98. The molecule has 102 valence electrons. The predicted octanol–water partition coefficient (Wildman–Crippen LogP) is 0.856. The van der Waals surface area contributed by atoms with Gasteiger partial charge < -0.3 is 10.2 Å². The van der Waals surface area contributed by atoms with Gasteiger partial charge in [0.15, 0.2) is 11.6 Å². The Morgan fingerprint density at radius 1 is 1.32 bits per heavy atom. The molecule has 0 bridgehead atoms. The summed E-state index contributed by atoms with van der Waals surface area (Å²) in [6, 6.07) is 3.77. The number of hydrogen-bond acceptors (Lipinski definition) is 2. The first-order chi connectivity index (χ1) is 9.08. The van der Waals surface area contributed by atoms with E-state index in [0.29, 0.717) is 19.6 Å². The number of hydrogen-bond donors (Lipinski definition) is 1. The summed E-state index contributed by atoms with van der Waals surface area (Å²) in [5.74, 6) is -2.36. The van der Waals surface area contributed by atoms with E-state index in [4.69, 9.17) is 0 Å². The lowest BCUT2D eigenvalue weighted by molar-refractivity contribution is -0.130. The van der Waals surface area contributed by atoms with E-state index in [1.165, 1.54) is 17.0 Å². The molecule has 6 heteroatoms. The average Bonchev–Trinajstić information content (AvgIpc) is 2.60. The molecule has 1 heterocycles. The minimum Gasteiger partial charge on any atom is -0.354 e. The topological polar surface area (TPSA) is 49.4 Å². The highest BCUT2D eigenvalue weighted by molar-refractivity contribution is 5.81.